The molecule has 0 saturated carbocycles. The molecule has 1 atom stereocenters. The van der Waals surface area contributed by atoms with Crippen molar-refractivity contribution in [1.82, 2.24) is 9.78 Å². The quantitative estimate of drug-likeness (QED) is 0.854. The first-order valence-corrected chi connectivity index (χ1v) is 7.02. The molecule has 0 saturated heterocycles. The summed E-state index contributed by atoms with van der Waals surface area (Å²) in [6.07, 6.45) is 2.36. The average Bonchev–Trinajstić information content (AvgIpc) is 2.84. The van der Waals surface area contributed by atoms with E-state index in [4.69, 9.17) is 16.3 Å². The summed E-state index contributed by atoms with van der Waals surface area (Å²) >= 11 is 6.12. The van der Waals surface area contributed by atoms with Crippen LogP contribution in [0.1, 0.15) is 23.8 Å². The van der Waals surface area contributed by atoms with E-state index in [0.717, 1.165) is 6.42 Å². The molecule has 0 aliphatic rings. The largest absolute Gasteiger partial charge is 0.387 e. The van der Waals surface area contributed by atoms with Crippen LogP contribution in [0.25, 0.3) is 0 Å². The van der Waals surface area contributed by atoms with Gasteiger partial charge >= 0.3 is 0 Å². The first-order valence-electron chi connectivity index (χ1n) is 6.64. The molecular formula is C15H19ClN2O2. The van der Waals surface area contributed by atoms with Crippen molar-refractivity contribution in [2.24, 2.45) is 0 Å². The summed E-state index contributed by atoms with van der Waals surface area (Å²) in [6.45, 7) is 1.12. The summed E-state index contributed by atoms with van der Waals surface area (Å²) in [6, 6.07) is 10.1. The number of halogens is 1. The minimum absolute atomic E-state index is 0.502. The summed E-state index contributed by atoms with van der Waals surface area (Å²) in [7, 11) is 1.64. The van der Waals surface area contributed by atoms with Gasteiger partial charge in [0.2, 0.25) is 0 Å². The first-order chi connectivity index (χ1) is 9.72. The standard InChI is InChI=1S/C15H19ClN2O2/c1-20-10-9-18-15(13(16)11-17-18)14(19)8-7-12-5-3-2-4-6-12/h2-6,11,14,19H,7-10H2,1H3. The number of nitrogens with zero attached hydrogens (tertiary/aromatic N) is 2. The van der Waals surface area contributed by atoms with Crippen LogP contribution in [-0.4, -0.2) is 28.6 Å². The van der Waals surface area contributed by atoms with E-state index in [2.05, 4.69) is 17.2 Å². The molecule has 5 heteroatoms. The number of aliphatic hydroxyl groups is 1. The van der Waals surface area contributed by atoms with Gasteiger partial charge in [-0.1, -0.05) is 41.9 Å². The van der Waals surface area contributed by atoms with Crippen LogP contribution in [-0.2, 0) is 17.7 Å². The minimum atomic E-state index is -0.623. The summed E-state index contributed by atoms with van der Waals surface area (Å²) in [5, 5.41) is 15.0. The molecule has 0 radical (unpaired) electrons. The van der Waals surface area contributed by atoms with Gasteiger partial charge in [0.1, 0.15) is 0 Å². The highest BCUT2D eigenvalue weighted by atomic mass is 35.5. The molecule has 20 heavy (non-hydrogen) atoms. The van der Waals surface area contributed by atoms with Gasteiger partial charge in [0.15, 0.2) is 0 Å². The fourth-order valence-electron chi connectivity index (χ4n) is 2.14. The van der Waals surface area contributed by atoms with E-state index in [-0.39, 0.29) is 0 Å². The second kappa shape index (κ2) is 7.43. The number of ether oxygens (including phenoxy) is 1. The average molecular weight is 295 g/mol. The van der Waals surface area contributed by atoms with Crippen molar-refractivity contribution in [1.29, 1.82) is 0 Å². The Morgan fingerprint density at radius 3 is 2.80 bits per heavy atom. The van der Waals surface area contributed by atoms with Crippen LogP contribution in [0.4, 0.5) is 0 Å². The number of aliphatic hydroxyl groups excluding tert-OH is 1. The van der Waals surface area contributed by atoms with E-state index >= 15 is 0 Å². The lowest BCUT2D eigenvalue weighted by atomic mass is 10.1. The van der Waals surface area contributed by atoms with Crippen molar-refractivity contribution in [2.75, 3.05) is 13.7 Å². The number of benzene rings is 1. The normalized spacial score (nSPS) is 12.6. The van der Waals surface area contributed by atoms with Gasteiger partial charge in [-0.25, -0.2) is 0 Å². The third-order valence-electron chi connectivity index (χ3n) is 3.21. The number of methoxy groups -OCH3 is 1. The molecule has 0 aliphatic carbocycles. The van der Waals surface area contributed by atoms with Gasteiger partial charge < -0.3 is 9.84 Å². The van der Waals surface area contributed by atoms with Crippen LogP contribution >= 0.6 is 11.6 Å². The predicted octanol–water partition coefficient (Wildman–Crippen LogP) is 2.85. The molecule has 2 rings (SSSR count). The third-order valence-corrected chi connectivity index (χ3v) is 3.50. The lowest BCUT2D eigenvalue weighted by Crippen LogP contribution is -2.13. The molecule has 108 valence electrons. The first kappa shape index (κ1) is 15.0. The predicted molar refractivity (Wildman–Crippen MR) is 78.8 cm³/mol. The fourth-order valence-corrected chi connectivity index (χ4v) is 2.41. The van der Waals surface area contributed by atoms with Gasteiger partial charge in [-0.15, -0.1) is 0 Å². The van der Waals surface area contributed by atoms with Gasteiger partial charge in [0, 0.05) is 7.11 Å². The van der Waals surface area contributed by atoms with Gasteiger partial charge in [0.25, 0.3) is 0 Å². The lowest BCUT2D eigenvalue weighted by Gasteiger charge is -2.14. The molecule has 1 N–H and O–H groups in total. The molecule has 0 aliphatic heterocycles. The summed E-state index contributed by atoms with van der Waals surface area (Å²) < 4.78 is 6.74. The zero-order chi connectivity index (χ0) is 14.4. The number of hydrogen-bond donors (Lipinski definition) is 1. The Morgan fingerprint density at radius 1 is 1.35 bits per heavy atom. The molecule has 1 unspecified atom stereocenters. The number of rotatable bonds is 7. The molecule has 0 spiro atoms. The lowest BCUT2D eigenvalue weighted by molar-refractivity contribution is 0.146. The minimum Gasteiger partial charge on any atom is -0.387 e. The summed E-state index contributed by atoms with van der Waals surface area (Å²) in [5.41, 5.74) is 1.87. The SMILES string of the molecule is COCCn1ncc(Cl)c1C(O)CCc1ccccc1. The van der Waals surface area contributed by atoms with E-state index in [1.165, 1.54) is 5.56 Å². The van der Waals surface area contributed by atoms with E-state index in [1.54, 1.807) is 18.0 Å². The van der Waals surface area contributed by atoms with Gasteiger partial charge in [0.05, 0.1) is 36.2 Å². The van der Waals surface area contributed by atoms with Crippen LogP contribution in [0.3, 0.4) is 0 Å². The highest BCUT2D eigenvalue weighted by Gasteiger charge is 2.17. The monoisotopic (exact) mass is 294 g/mol. The molecule has 0 amide bonds. The van der Waals surface area contributed by atoms with Crippen LogP contribution in [0.15, 0.2) is 36.5 Å². The topological polar surface area (TPSA) is 47.3 Å². The zero-order valence-electron chi connectivity index (χ0n) is 11.5. The maximum atomic E-state index is 10.3. The third kappa shape index (κ3) is 3.82. The van der Waals surface area contributed by atoms with Gasteiger partial charge in [-0.2, -0.15) is 5.10 Å². The van der Waals surface area contributed by atoms with Crippen molar-refractivity contribution < 1.29 is 9.84 Å². The van der Waals surface area contributed by atoms with Crippen LogP contribution in [0.5, 0.6) is 0 Å². The van der Waals surface area contributed by atoms with Crippen molar-refractivity contribution in [3.8, 4) is 0 Å². The van der Waals surface area contributed by atoms with E-state index in [0.29, 0.717) is 30.3 Å². The second-order valence-corrected chi connectivity index (χ2v) is 5.04. The van der Waals surface area contributed by atoms with Crippen LogP contribution in [0, 0.1) is 0 Å². The van der Waals surface area contributed by atoms with Crippen molar-refractivity contribution in [3.05, 3.63) is 52.8 Å². The fraction of sp³-hybridized carbons (Fsp3) is 0.400. The van der Waals surface area contributed by atoms with Gasteiger partial charge in [-0.05, 0) is 18.4 Å². The molecule has 1 aromatic carbocycles. The van der Waals surface area contributed by atoms with E-state index < -0.39 is 6.10 Å². The van der Waals surface area contributed by atoms with Gasteiger partial charge in [-0.3, -0.25) is 4.68 Å². The molecule has 1 heterocycles. The Morgan fingerprint density at radius 2 is 2.10 bits per heavy atom. The Labute approximate surface area is 123 Å². The van der Waals surface area contributed by atoms with Crippen molar-refractivity contribution in [2.45, 2.75) is 25.5 Å². The summed E-state index contributed by atoms with van der Waals surface area (Å²) in [4.78, 5) is 0. The molecule has 0 fully saturated rings. The van der Waals surface area contributed by atoms with Crippen LogP contribution in [0.2, 0.25) is 5.02 Å². The van der Waals surface area contributed by atoms with E-state index in [1.807, 2.05) is 18.2 Å². The Balaban J connectivity index is 2.01. The van der Waals surface area contributed by atoms with Crippen LogP contribution < -0.4 is 0 Å². The maximum absolute atomic E-state index is 10.3. The number of aromatic nitrogens is 2. The molecule has 4 nitrogen and oxygen atoms in total. The Hall–Kier alpha value is -1.36. The maximum Gasteiger partial charge on any atom is 0.0975 e. The highest BCUT2D eigenvalue weighted by molar-refractivity contribution is 6.31. The zero-order valence-corrected chi connectivity index (χ0v) is 12.3. The van der Waals surface area contributed by atoms with Crippen molar-refractivity contribution >= 4 is 11.6 Å². The highest BCUT2D eigenvalue weighted by Crippen LogP contribution is 2.26. The molecule has 0 bridgehead atoms. The Bertz CT molecular complexity index is 528. The molecule has 1 aromatic heterocycles. The Kier molecular flexibility index (Phi) is 5.59. The molecular weight excluding hydrogens is 276 g/mol. The second-order valence-electron chi connectivity index (χ2n) is 4.63. The number of aryl methyl sites for hydroxylation is 1. The van der Waals surface area contributed by atoms with Crippen molar-refractivity contribution in [3.63, 3.8) is 0 Å². The number of hydrogen-bond acceptors (Lipinski definition) is 3. The smallest absolute Gasteiger partial charge is 0.0975 e. The van der Waals surface area contributed by atoms with E-state index in [9.17, 15) is 5.11 Å². The molecule has 2 aromatic rings. The summed E-state index contributed by atoms with van der Waals surface area (Å²) in [5.74, 6) is 0.